The first-order chi connectivity index (χ1) is 12.0. The Morgan fingerprint density at radius 1 is 1.32 bits per heavy atom. The van der Waals surface area contributed by atoms with Crippen LogP contribution in [0.5, 0.6) is 0 Å². The molecule has 2 aliphatic rings. The van der Waals surface area contributed by atoms with Gasteiger partial charge in [-0.3, -0.25) is 9.48 Å². The number of carbonyl (C=O) groups is 1. The summed E-state index contributed by atoms with van der Waals surface area (Å²) in [6.07, 6.45) is 2.67. The zero-order valence-corrected chi connectivity index (χ0v) is 14.6. The summed E-state index contributed by atoms with van der Waals surface area (Å²) in [4.78, 5) is 15.0. The lowest BCUT2D eigenvalue weighted by atomic mass is 9.87. The molecule has 0 bridgehead atoms. The van der Waals surface area contributed by atoms with Gasteiger partial charge in [0.05, 0.1) is 12.1 Å². The standard InChI is InChI=1S/C19H23FN4O/c1-12-16(10-22-23(12)2)17-8-21-9-18(17)19(25)24-6-5-13-3-4-15(20)7-14(13)11-24/h3-4,7,10,17-18,21H,5-6,8-9,11H2,1-2H3/t17-,18+/m1/s1. The summed E-state index contributed by atoms with van der Waals surface area (Å²) >= 11 is 0. The van der Waals surface area contributed by atoms with Gasteiger partial charge < -0.3 is 10.2 Å². The number of hydrogen-bond acceptors (Lipinski definition) is 3. The van der Waals surface area contributed by atoms with Crippen LogP contribution in [0, 0.1) is 18.7 Å². The van der Waals surface area contributed by atoms with Crippen molar-refractivity contribution in [2.75, 3.05) is 19.6 Å². The molecule has 1 saturated heterocycles. The van der Waals surface area contributed by atoms with Crippen molar-refractivity contribution in [3.05, 3.63) is 52.6 Å². The second-order valence-electron chi connectivity index (χ2n) is 7.10. The molecular formula is C19H23FN4O. The Balaban J connectivity index is 1.55. The molecule has 3 heterocycles. The van der Waals surface area contributed by atoms with E-state index in [2.05, 4.69) is 10.4 Å². The summed E-state index contributed by atoms with van der Waals surface area (Å²) in [5, 5.41) is 7.69. The molecule has 0 saturated carbocycles. The number of nitrogens with one attached hydrogen (secondary N) is 1. The van der Waals surface area contributed by atoms with Crippen LogP contribution in [-0.4, -0.2) is 40.2 Å². The van der Waals surface area contributed by atoms with E-state index < -0.39 is 0 Å². The number of halogens is 1. The van der Waals surface area contributed by atoms with Crippen LogP contribution in [0.15, 0.2) is 24.4 Å². The van der Waals surface area contributed by atoms with Gasteiger partial charge in [-0.15, -0.1) is 0 Å². The highest BCUT2D eigenvalue weighted by atomic mass is 19.1. The minimum atomic E-state index is -0.237. The minimum Gasteiger partial charge on any atom is -0.338 e. The van der Waals surface area contributed by atoms with E-state index in [4.69, 9.17) is 0 Å². The third-order valence-electron chi connectivity index (χ3n) is 5.70. The monoisotopic (exact) mass is 342 g/mol. The quantitative estimate of drug-likeness (QED) is 0.905. The SMILES string of the molecule is Cc1c([C@H]2CNC[C@@H]2C(=O)N2CCc3ccc(F)cc3C2)cnn1C. The first-order valence-electron chi connectivity index (χ1n) is 8.80. The molecule has 5 nitrogen and oxygen atoms in total. The van der Waals surface area contributed by atoms with E-state index >= 15 is 0 Å². The Bertz CT molecular complexity index is 816. The van der Waals surface area contributed by atoms with Crippen molar-refractivity contribution in [2.45, 2.75) is 25.8 Å². The summed E-state index contributed by atoms with van der Waals surface area (Å²) in [5.41, 5.74) is 4.33. The third-order valence-corrected chi connectivity index (χ3v) is 5.70. The number of rotatable bonds is 2. The number of carbonyl (C=O) groups excluding carboxylic acids is 1. The number of nitrogens with zero attached hydrogens (tertiary/aromatic N) is 3. The molecule has 0 spiro atoms. The van der Waals surface area contributed by atoms with Gasteiger partial charge in [-0.25, -0.2) is 4.39 Å². The van der Waals surface area contributed by atoms with Gasteiger partial charge in [-0.2, -0.15) is 5.10 Å². The van der Waals surface area contributed by atoms with Crippen molar-refractivity contribution in [1.82, 2.24) is 20.0 Å². The van der Waals surface area contributed by atoms with E-state index in [0.29, 0.717) is 19.6 Å². The van der Waals surface area contributed by atoms with Crippen LogP contribution in [0.2, 0.25) is 0 Å². The second-order valence-corrected chi connectivity index (χ2v) is 7.10. The molecule has 25 heavy (non-hydrogen) atoms. The fourth-order valence-corrected chi connectivity index (χ4v) is 4.09. The van der Waals surface area contributed by atoms with Crippen molar-refractivity contribution in [3.8, 4) is 0 Å². The van der Waals surface area contributed by atoms with E-state index in [1.165, 1.54) is 6.07 Å². The summed E-state index contributed by atoms with van der Waals surface area (Å²) in [6, 6.07) is 4.90. The summed E-state index contributed by atoms with van der Waals surface area (Å²) in [6.45, 7) is 4.72. The maximum atomic E-state index is 13.5. The van der Waals surface area contributed by atoms with Gasteiger partial charge in [0.15, 0.2) is 0 Å². The highest BCUT2D eigenvalue weighted by Gasteiger charge is 2.38. The topological polar surface area (TPSA) is 50.2 Å². The van der Waals surface area contributed by atoms with E-state index in [1.807, 2.05) is 35.8 Å². The normalized spacial score (nSPS) is 22.9. The van der Waals surface area contributed by atoms with Gasteiger partial charge in [-0.05, 0) is 42.2 Å². The molecule has 132 valence electrons. The van der Waals surface area contributed by atoms with Crippen molar-refractivity contribution in [1.29, 1.82) is 0 Å². The van der Waals surface area contributed by atoms with Gasteiger partial charge in [0.2, 0.25) is 5.91 Å². The number of aryl methyl sites for hydroxylation is 1. The van der Waals surface area contributed by atoms with E-state index in [9.17, 15) is 9.18 Å². The van der Waals surface area contributed by atoms with E-state index in [0.717, 1.165) is 35.3 Å². The van der Waals surface area contributed by atoms with Gasteiger partial charge >= 0.3 is 0 Å². The van der Waals surface area contributed by atoms with Gasteiger partial charge in [-0.1, -0.05) is 6.07 Å². The van der Waals surface area contributed by atoms with Crippen LogP contribution in [0.4, 0.5) is 4.39 Å². The number of amides is 1. The molecule has 2 aliphatic heterocycles. The Morgan fingerprint density at radius 3 is 2.92 bits per heavy atom. The van der Waals surface area contributed by atoms with Crippen molar-refractivity contribution >= 4 is 5.91 Å². The summed E-state index contributed by atoms with van der Waals surface area (Å²) in [7, 11) is 1.92. The first kappa shape index (κ1) is 16.3. The fourth-order valence-electron chi connectivity index (χ4n) is 4.09. The molecule has 0 aliphatic carbocycles. The molecule has 1 aromatic carbocycles. The minimum absolute atomic E-state index is 0.0852. The summed E-state index contributed by atoms with van der Waals surface area (Å²) < 4.78 is 15.4. The number of fused-ring (bicyclic) bond motifs is 1. The molecule has 6 heteroatoms. The molecule has 1 amide bonds. The van der Waals surface area contributed by atoms with Gasteiger partial charge in [0, 0.05) is 44.8 Å². The average molecular weight is 342 g/mol. The molecular weight excluding hydrogens is 319 g/mol. The predicted octanol–water partition coefficient (Wildman–Crippen LogP) is 1.76. The molecule has 0 unspecified atom stereocenters. The van der Waals surface area contributed by atoms with Crippen LogP contribution in [0.1, 0.15) is 28.3 Å². The van der Waals surface area contributed by atoms with E-state index in [1.54, 1.807) is 6.07 Å². The zero-order valence-electron chi connectivity index (χ0n) is 14.6. The zero-order chi connectivity index (χ0) is 17.6. The molecule has 1 aromatic heterocycles. The molecule has 1 N–H and O–H groups in total. The summed E-state index contributed by atoms with van der Waals surface area (Å²) in [5.74, 6) is -0.0132. The maximum Gasteiger partial charge on any atom is 0.227 e. The molecule has 2 aromatic rings. The molecule has 0 radical (unpaired) electrons. The lowest BCUT2D eigenvalue weighted by Gasteiger charge is -2.32. The lowest BCUT2D eigenvalue weighted by Crippen LogP contribution is -2.41. The maximum absolute atomic E-state index is 13.5. The highest BCUT2D eigenvalue weighted by Crippen LogP contribution is 2.32. The Morgan fingerprint density at radius 2 is 2.16 bits per heavy atom. The Labute approximate surface area is 146 Å². The van der Waals surface area contributed by atoms with Gasteiger partial charge in [0.25, 0.3) is 0 Å². The fraction of sp³-hybridized carbons (Fsp3) is 0.474. The van der Waals surface area contributed by atoms with Crippen molar-refractivity contribution in [2.24, 2.45) is 13.0 Å². The van der Waals surface area contributed by atoms with Crippen LogP contribution in [-0.2, 0) is 24.8 Å². The largest absolute Gasteiger partial charge is 0.338 e. The van der Waals surface area contributed by atoms with Crippen molar-refractivity contribution in [3.63, 3.8) is 0 Å². The van der Waals surface area contributed by atoms with Crippen molar-refractivity contribution < 1.29 is 9.18 Å². The van der Waals surface area contributed by atoms with Crippen LogP contribution in [0.3, 0.4) is 0 Å². The Hall–Kier alpha value is -2.21. The molecule has 1 fully saturated rings. The highest BCUT2D eigenvalue weighted by molar-refractivity contribution is 5.81. The lowest BCUT2D eigenvalue weighted by molar-refractivity contribution is -0.136. The van der Waals surface area contributed by atoms with Crippen LogP contribution in [0.25, 0.3) is 0 Å². The third kappa shape index (κ3) is 2.84. The van der Waals surface area contributed by atoms with Crippen LogP contribution < -0.4 is 5.32 Å². The second kappa shape index (κ2) is 6.26. The van der Waals surface area contributed by atoms with Gasteiger partial charge in [0.1, 0.15) is 5.82 Å². The number of hydrogen-bond donors (Lipinski definition) is 1. The smallest absolute Gasteiger partial charge is 0.227 e. The molecule has 2 atom stereocenters. The van der Waals surface area contributed by atoms with E-state index in [-0.39, 0.29) is 23.6 Å². The number of aromatic nitrogens is 2. The predicted molar refractivity (Wildman–Crippen MR) is 92.6 cm³/mol. The average Bonchev–Trinajstić information content (AvgIpc) is 3.21. The molecule has 4 rings (SSSR count). The Kier molecular flexibility index (Phi) is 4.07. The first-order valence-corrected chi connectivity index (χ1v) is 8.80. The number of benzene rings is 1. The van der Waals surface area contributed by atoms with Crippen LogP contribution >= 0.6 is 0 Å².